The molecule has 9 fully saturated rings. The van der Waals surface area contributed by atoms with Gasteiger partial charge in [-0.15, -0.1) is 0 Å². The van der Waals surface area contributed by atoms with Crippen molar-refractivity contribution in [2.24, 2.45) is 50.2 Å². The molecule has 0 amide bonds. The summed E-state index contributed by atoms with van der Waals surface area (Å²) in [6.07, 6.45) is -44.1. The smallest absolute Gasteiger partial charge is 0.317 e. The maximum atomic E-state index is 16.0. The molecule has 33 heteroatoms. The van der Waals surface area contributed by atoms with Crippen molar-refractivity contribution in [2.75, 3.05) is 19.8 Å². The number of allylic oxidation sites excluding steroid dienone is 2. The quantitative estimate of drug-likeness (QED) is 0.0242. The Morgan fingerprint density at radius 2 is 1.09 bits per heavy atom. The standard InChI is InChI=1S/C71H114O33/c1-28(74)19-42(78)93-29(2)20-43(79)94-30(3)21-44(80)99-56-33(6)97-64(58(53(56)89)102-62-52(88)49(85)55(32(5)96-62)100-60-54(90)57(37(76)26-92-60)101-61-50(86)47(83)45(81)31(4)95-61)104-65(91)71-18-17-66(7,8)22-35(71)34-13-14-40-67(9)23-36(75)59(103-63-51(87)48(84)46(82)38(25-72)98-63)68(10,27-73)39(67)15-16-69(40,11)70(34,12)24-41(71)77/h13,28-33,35-41,45-64,72-77,81-90H,14-27H2,1-12H3/t28?,29?,30?,31-,32-,33+,35-,36-,37+,38+,39+,40+,41+,45-,46+,47+,48-,49-,50+,51+,52+,53-,54+,55-,56-,57-,58+,59-,60-,61-,62-,63-,64-,67-,68-,69+,70+,71+/m0/s1. The molecule has 0 aromatic carbocycles. The Balaban J connectivity index is 0.901. The fraction of sp³-hybridized carbons (Fsp3) is 0.915. The molecule has 104 heavy (non-hydrogen) atoms. The van der Waals surface area contributed by atoms with Gasteiger partial charge in [0.05, 0.1) is 81.8 Å². The van der Waals surface area contributed by atoms with Crippen molar-refractivity contribution in [3.05, 3.63) is 11.6 Å². The van der Waals surface area contributed by atoms with E-state index >= 15 is 4.79 Å². The lowest BCUT2D eigenvalue weighted by Crippen LogP contribution is -2.70. The highest BCUT2D eigenvalue weighted by molar-refractivity contribution is 5.80. The molecule has 10 rings (SSSR count). The van der Waals surface area contributed by atoms with Crippen molar-refractivity contribution in [3.8, 4) is 0 Å². The van der Waals surface area contributed by atoms with Gasteiger partial charge in [-0.25, -0.2) is 0 Å². The Morgan fingerprint density at radius 1 is 0.529 bits per heavy atom. The van der Waals surface area contributed by atoms with E-state index in [4.69, 9.17) is 61.6 Å². The van der Waals surface area contributed by atoms with Crippen LogP contribution in [0.3, 0.4) is 0 Å². The molecule has 5 aliphatic heterocycles. The molecule has 10 aliphatic rings. The van der Waals surface area contributed by atoms with Crippen LogP contribution in [0.4, 0.5) is 0 Å². The van der Waals surface area contributed by atoms with E-state index in [1.54, 1.807) is 6.92 Å². The molecular formula is C71H114O33. The molecule has 0 aromatic rings. The maximum absolute atomic E-state index is 16.0. The molecule has 0 radical (unpaired) electrons. The van der Waals surface area contributed by atoms with Crippen LogP contribution in [0.5, 0.6) is 0 Å². The molecule has 3 unspecified atom stereocenters. The monoisotopic (exact) mass is 1490 g/mol. The number of aliphatic hydroxyl groups excluding tert-OH is 16. The highest BCUT2D eigenvalue weighted by Crippen LogP contribution is 2.76. The third-order valence-electron chi connectivity index (χ3n) is 25.4. The summed E-state index contributed by atoms with van der Waals surface area (Å²) in [4.78, 5) is 54.9. The Morgan fingerprint density at radius 3 is 1.71 bits per heavy atom. The van der Waals surface area contributed by atoms with Crippen molar-refractivity contribution in [1.82, 2.24) is 0 Å². The molecule has 5 heterocycles. The molecule has 33 nitrogen and oxygen atoms in total. The molecule has 0 spiro atoms. The summed E-state index contributed by atoms with van der Waals surface area (Å²) < 4.78 is 76.9. The zero-order valence-corrected chi connectivity index (χ0v) is 61.1. The fourth-order valence-corrected chi connectivity index (χ4v) is 19.5. The topological polar surface area (TPSA) is 512 Å². The third kappa shape index (κ3) is 15.5. The first-order valence-corrected chi connectivity index (χ1v) is 36.6. The zero-order valence-electron chi connectivity index (χ0n) is 61.1. The summed E-state index contributed by atoms with van der Waals surface area (Å²) in [5, 5.41) is 179. The van der Waals surface area contributed by atoms with Gasteiger partial charge in [0.15, 0.2) is 37.4 Å². The van der Waals surface area contributed by atoms with Gasteiger partial charge in [0, 0.05) is 5.41 Å². The Labute approximate surface area is 603 Å². The average molecular weight is 1500 g/mol. The van der Waals surface area contributed by atoms with E-state index in [0.29, 0.717) is 32.1 Å². The summed E-state index contributed by atoms with van der Waals surface area (Å²) in [7, 11) is 0. The number of rotatable bonds is 21. The lowest BCUT2D eigenvalue weighted by atomic mass is 9.33. The number of esters is 4. The SMILES string of the molecule is CC(O)CC(=O)OC(C)CC(=O)OC(C)CC(=O)O[C@@H]1[C@H](O)[C@@H](O[C@@H]2O[C@@H](C)[C@H](O[C@@H]3OC[C@@H](O)[C@H](O[C@@H]4O[C@@H](C)[C@H](O)[C@@H](O)[C@H]4O)[C@H]3O)[C@@H](O)[C@H]2O)[C@H](OC(=O)[C@]23CCC(C)(C)C[C@H]2C2=CC[C@@H]4[C@@]5(C)C[C@H](O)[C@H](O[C@@H]6O[C@H](CO)[C@@H](O)[C@H](O)[C@H]6O)[C@@](C)(CO)[C@@H]5CC[C@@]4(C)[C@]2(C)C[C@H]3O)O[C@@H]1C. The Bertz CT molecular complexity index is 3010. The fourth-order valence-electron chi connectivity index (χ4n) is 19.5. The summed E-state index contributed by atoms with van der Waals surface area (Å²) in [5.41, 5.74) is -4.58. The number of hydrogen-bond donors (Lipinski definition) is 16. The lowest BCUT2D eigenvalue weighted by Gasteiger charge is -2.72. The van der Waals surface area contributed by atoms with Gasteiger partial charge >= 0.3 is 23.9 Å². The number of aliphatic hydroxyl groups is 16. The highest BCUT2D eigenvalue weighted by Gasteiger charge is 2.74. The normalized spacial score (nSPS) is 49.5. The van der Waals surface area contributed by atoms with Crippen LogP contribution in [0.1, 0.15) is 154 Å². The molecule has 5 aliphatic carbocycles. The molecule has 596 valence electrons. The van der Waals surface area contributed by atoms with Crippen LogP contribution in [0.2, 0.25) is 0 Å². The van der Waals surface area contributed by atoms with Crippen LogP contribution >= 0.6 is 0 Å². The van der Waals surface area contributed by atoms with E-state index in [1.807, 2.05) is 0 Å². The van der Waals surface area contributed by atoms with Gasteiger partial charge in [-0.05, 0) is 132 Å². The second kappa shape index (κ2) is 31.8. The third-order valence-corrected chi connectivity index (χ3v) is 25.4. The molecule has 0 bridgehead atoms. The number of carbonyl (C=O) groups is 4. The van der Waals surface area contributed by atoms with Crippen molar-refractivity contribution in [1.29, 1.82) is 0 Å². The van der Waals surface area contributed by atoms with Crippen molar-refractivity contribution in [2.45, 2.75) is 338 Å². The van der Waals surface area contributed by atoms with E-state index in [-0.39, 0.29) is 37.5 Å². The van der Waals surface area contributed by atoms with Gasteiger partial charge in [-0.2, -0.15) is 0 Å². The van der Waals surface area contributed by atoms with Crippen molar-refractivity contribution in [3.63, 3.8) is 0 Å². The molecule has 0 aromatic heterocycles. The summed E-state index contributed by atoms with van der Waals surface area (Å²) in [5.74, 6) is -4.81. The van der Waals surface area contributed by atoms with E-state index in [2.05, 4.69) is 40.7 Å². The van der Waals surface area contributed by atoms with E-state index in [1.165, 1.54) is 41.5 Å². The number of hydrogen-bond acceptors (Lipinski definition) is 33. The second-order valence-corrected chi connectivity index (χ2v) is 33.2. The molecule has 38 atom stereocenters. The Kier molecular flexibility index (Phi) is 25.4. The van der Waals surface area contributed by atoms with Crippen LogP contribution in [0, 0.1) is 50.2 Å². The molecule has 5 saturated heterocycles. The summed E-state index contributed by atoms with van der Waals surface area (Å²) in [6, 6.07) is 0. The van der Waals surface area contributed by atoms with Gasteiger partial charge in [0.1, 0.15) is 103 Å². The summed E-state index contributed by atoms with van der Waals surface area (Å²) in [6.45, 7) is 19.0. The first kappa shape index (κ1) is 83.1. The summed E-state index contributed by atoms with van der Waals surface area (Å²) >= 11 is 0. The minimum Gasteiger partial charge on any atom is -0.462 e. The zero-order chi connectivity index (χ0) is 76.7. The van der Waals surface area contributed by atoms with Gasteiger partial charge in [-0.1, -0.05) is 53.2 Å². The van der Waals surface area contributed by atoms with Crippen LogP contribution in [0.15, 0.2) is 11.6 Å². The predicted molar refractivity (Wildman–Crippen MR) is 350 cm³/mol. The van der Waals surface area contributed by atoms with Gasteiger partial charge < -0.3 is 143 Å². The van der Waals surface area contributed by atoms with Gasteiger partial charge in [0.25, 0.3) is 0 Å². The van der Waals surface area contributed by atoms with Crippen LogP contribution in [0.25, 0.3) is 0 Å². The minimum absolute atomic E-state index is 0.0404. The minimum atomic E-state index is -2.12. The van der Waals surface area contributed by atoms with E-state index in [9.17, 15) is 96.1 Å². The molecular weight excluding hydrogens is 1380 g/mol. The first-order valence-electron chi connectivity index (χ1n) is 36.6. The number of carbonyl (C=O) groups excluding carboxylic acids is 4. The average Bonchev–Trinajstić information content (AvgIpc) is 0.669. The second-order valence-electron chi connectivity index (χ2n) is 33.2. The van der Waals surface area contributed by atoms with E-state index in [0.717, 1.165) is 5.57 Å². The number of fused-ring (bicyclic) bond motifs is 7. The molecule has 16 N–H and O–H groups in total. The van der Waals surface area contributed by atoms with Crippen molar-refractivity contribution >= 4 is 23.9 Å². The predicted octanol–water partition coefficient (Wildman–Crippen LogP) is -2.61. The van der Waals surface area contributed by atoms with Crippen LogP contribution < -0.4 is 0 Å². The van der Waals surface area contributed by atoms with Gasteiger partial charge in [0.2, 0.25) is 6.29 Å². The highest BCUT2D eigenvalue weighted by atomic mass is 16.8. The largest absolute Gasteiger partial charge is 0.462 e. The lowest BCUT2D eigenvalue weighted by molar-refractivity contribution is -0.380. The van der Waals surface area contributed by atoms with Gasteiger partial charge in [-0.3, -0.25) is 19.2 Å². The maximum Gasteiger partial charge on any atom is 0.317 e. The van der Waals surface area contributed by atoms with E-state index < -0.39 is 279 Å². The molecule has 4 saturated carbocycles. The van der Waals surface area contributed by atoms with Crippen molar-refractivity contribution < 1.29 is 162 Å². The van der Waals surface area contributed by atoms with Crippen LogP contribution in [-0.2, 0) is 80.8 Å². The Hall–Kier alpha value is -3.38. The first-order chi connectivity index (χ1) is 48.5. The number of ether oxygens (including phenoxy) is 13. The van der Waals surface area contributed by atoms with Crippen LogP contribution in [-0.4, -0.2) is 309 Å².